The molecule has 0 aliphatic carbocycles. The van der Waals surface area contributed by atoms with Gasteiger partial charge in [-0.1, -0.05) is 12.1 Å². The number of nitrogens with two attached hydrogens (primary N) is 1. The molecule has 0 radical (unpaired) electrons. The second kappa shape index (κ2) is 3.73. The fraction of sp³-hybridized carbons (Fsp3) is 0.333. The van der Waals surface area contributed by atoms with E-state index in [1.54, 1.807) is 0 Å². The summed E-state index contributed by atoms with van der Waals surface area (Å²) in [6.07, 6.45) is -4.70. The van der Waals surface area contributed by atoms with Crippen molar-refractivity contribution in [2.45, 2.75) is 18.4 Å². The Bertz CT molecular complexity index is 535. The Morgan fingerprint density at radius 1 is 1.39 bits per heavy atom. The van der Waals surface area contributed by atoms with Gasteiger partial charge >= 0.3 is 11.8 Å². The van der Waals surface area contributed by atoms with Gasteiger partial charge in [-0.15, -0.1) is 10.2 Å². The van der Waals surface area contributed by atoms with Crippen LogP contribution in [0, 0.1) is 10.1 Å². The van der Waals surface area contributed by atoms with Gasteiger partial charge in [0.1, 0.15) is 0 Å². The maximum Gasteiger partial charge on any atom is 0.442 e. The Morgan fingerprint density at radius 3 is 2.39 bits per heavy atom. The molecule has 0 saturated carbocycles. The molecule has 96 valence electrons. The van der Waals surface area contributed by atoms with Gasteiger partial charge in [-0.2, -0.15) is 13.2 Å². The van der Waals surface area contributed by atoms with Crippen molar-refractivity contribution in [3.63, 3.8) is 0 Å². The lowest BCUT2D eigenvalue weighted by molar-refractivity contribution is -0.385. The van der Waals surface area contributed by atoms with E-state index in [0.29, 0.717) is 0 Å². The van der Waals surface area contributed by atoms with E-state index >= 15 is 0 Å². The second-order valence-corrected chi connectivity index (χ2v) is 3.67. The van der Waals surface area contributed by atoms with Crippen LogP contribution in [-0.2, 0) is 12.2 Å². The number of hydrogen-bond donors (Lipinski definition) is 1. The summed E-state index contributed by atoms with van der Waals surface area (Å²) < 4.78 is 38.1. The van der Waals surface area contributed by atoms with E-state index in [1.165, 1.54) is 6.07 Å². The van der Waals surface area contributed by atoms with Crippen LogP contribution in [0.3, 0.4) is 0 Å². The summed E-state index contributed by atoms with van der Waals surface area (Å²) in [5, 5.41) is 16.7. The van der Waals surface area contributed by atoms with Gasteiger partial charge in [-0.25, -0.2) is 0 Å². The van der Waals surface area contributed by atoms with Crippen LogP contribution in [-0.4, -0.2) is 11.1 Å². The van der Waals surface area contributed by atoms with Gasteiger partial charge < -0.3 is 5.73 Å². The molecule has 0 unspecified atom stereocenters. The molecule has 1 heterocycles. The SMILES string of the molecule is NCc1ccc(C2(C(F)(F)F)N=N2)cc1[N+](=O)[O-]. The van der Waals surface area contributed by atoms with Crippen LogP contribution in [0.5, 0.6) is 0 Å². The summed E-state index contributed by atoms with van der Waals surface area (Å²) in [6, 6.07) is 3.10. The molecule has 1 aliphatic rings. The van der Waals surface area contributed by atoms with E-state index in [1.807, 2.05) is 0 Å². The molecule has 6 nitrogen and oxygen atoms in total. The highest BCUT2D eigenvalue weighted by molar-refractivity contribution is 5.46. The van der Waals surface area contributed by atoms with Crippen LogP contribution in [0.15, 0.2) is 28.4 Å². The lowest BCUT2D eigenvalue weighted by Crippen LogP contribution is -2.30. The van der Waals surface area contributed by atoms with Crippen molar-refractivity contribution >= 4 is 5.69 Å². The van der Waals surface area contributed by atoms with E-state index in [2.05, 4.69) is 10.2 Å². The van der Waals surface area contributed by atoms with Crippen molar-refractivity contribution in [3.05, 3.63) is 39.4 Å². The molecular weight excluding hydrogens is 253 g/mol. The minimum absolute atomic E-state index is 0.135. The predicted molar refractivity (Wildman–Crippen MR) is 53.6 cm³/mol. The number of hydrogen-bond acceptors (Lipinski definition) is 5. The number of halogens is 3. The Hall–Kier alpha value is -2.03. The van der Waals surface area contributed by atoms with Gasteiger partial charge in [0.2, 0.25) is 0 Å². The third kappa shape index (κ3) is 1.72. The van der Waals surface area contributed by atoms with E-state index in [0.717, 1.165) is 12.1 Å². The first kappa shape index (κ1) is 12.4. The number of nitro groups is 1. The van der Waals surface area contributed by atoms with Crippen LogP contribution in [0.2, 0.25) is 0 Å². The van der Waals surface area contributed by atoms with Gasteiger partial charge in [0.25, 0.3) is 5.69 Å². The molecule has 0 amide bonds. The molecule has 0 bridgehead atoms. The van der Waals surface area contributed by atoms with Crippen molar-refractivity contribution in [1.82, 2.24) is 0 Å². The van der Waals surface area contributed by atoms with Gasteiger partial charge in [0, 0.05) is 23.7 Å². The van der Waals surface area contributed by atoms with Crippen molar-refractivity contribution < 1.29 is 18.1 Å². The summed E-state index contributed by atoms with van der Waals surface area (Å²) in [6.45, 7) is -0.135. The average Bonchev–Trinajstić information content (AvgIpc) is 3.08. The number of benzene rings is 1. The zero-order valence-electron chi connectivity index (χ0n) is 8.81. The highest BCUT2D eigenvalue weighted by Gasteiger charge is 2.65. The predicted octanol–water partition coefficient (Wildman–Crippen LogP) is 2.23. The molecule has 0 spiro atoms. The maximum atomic E-state index is 12.7. The van der Waals surface area contributed by atoms with Crippen molar-refractivity contribution in [1.29, 1.82) is 0 Å². The van der Waals surface area contributed by atoms with Crippen LogP contribution in [0.25, 0.3) is 0 Å². The van der Waals surface area contributed by atoms with E-state index in [9.17, 15) is 23.3 Å². The Morgan fingerprint density at radius 2 is 2.00 bits per heavy atom. The smallest absolute Gasteiger partial charge is 0.326 e. The van der Waals surface area contributed by atoms with Crippen LogP contribution in [0.1, 0.15) is 11.1 Å². The minimum Gasteiger partial charge on any atom is -0.326 e. The molecule has 2 rings (SSSR count). The van der Waals surface area contributed by atoms with Gasteiger partial charge in [-0.3, -0.25) is 10.1 Å². The minimum atomic E-state index is -4.70. The molecule has 0 fully saturated rings. The Balaban J connectivity index is 2.49. The highest BCUT2D eigenvalue weighted by atomic mass is 19.4. The first-order valence-corrected chi connectivity index (χ1v) is 4.80. The standard InChI is InChI=1S/C9H7F3N4O2/c10-9(11,12)8(14-15-8)6-2-1-5(4-13)7(3-6)16(17)18/h1-3H,4,13H2. The molecule has 18 heavy (non-hydrogen) atoms. The van der Waals surface area contributed by atoms with Crippen molar-refractivity contribution in [2.24, 2.45) is 16.0 Å². The summed E-state index contributed by atoms with van der Waals surface area (Å²) in [4.78, 5) is 9.96. The van der Waals surface area contributed by atoms with Crippen LogP contribution in [0.4, 0.5) is 18.9 Å². The molecule has 0 saturated heterocycles. The molecular formula is C9H7F3N4O2. The molecule has 0 aromatic heterocycles. The zero-order valence-corrected chi connectivity index (χ0v) is 8.81. The van der Waals surface area contributed by atoms with Crippen molar-refractivity contribution in [3.8, 4) is 0 Å². The topological polar surface area (TPSA) is 93.9 Å². The number of nitro benzene ring substituents is 1. The van der Waals surface area contributed by atoms with Gasteiger partial charge in [0.15, 0.2) is 0 Å². The van der Waals surface area contributed by atoms with Crippen LogP contribution >= 0.6 is 0 Å². The largest absolute Gasteiger partial charge is 0.442 e. The highest BCUT2D eigenvalue weighted by Crippen LogP contribution is 2.52. The molecule has 2 N–H and O–H groups in total. The number of nitrogens with zero attached hydrogens (tertiary/aromatic N) is 3. The Kier molecular flexibility index (Phi) is 2.58. The third-order valence-corrected chi connectivity index (χ3v) is 2.60. The van der Waals surface area contributed by atoms with E-state index < -0.39 is 22.4 Å². The Labute approximate surface area is 98.5 Å². The third-order valence-electron chi connectivity index (χ3n) is 2.60. The number of alkyl halides is 3. The summed E-state index contributed by atoms with van der Waals surface area (Å²) in [5.74, 6) is 0. The summed E-state index contributed by atoms with van der Waals surface area (Å²) in [7, 11) is 0. The zero-order chi connectivity index (χ0) is 13.6. The maximum absolute atomic E-state index is 12.7. The van der Waals surface area contributed by atoms with Gasteiger partial charge in [0.05, 0.1) is 4.92 Å². The summed E-state index contributed by atoms with van der Waals surface area (Å²) in [5.41, 5.74) is 1.94. The summed E-state index contributed by atoms with van der Waals surface area (Å²) >= 11 is 0. The van der Waals surface area contributed by atoms with E-state index in [-0.39, 0.29) is 17.7 Å². The molecule has 0 atom stereocenters. The normalized spacial score (nSPS) is 16.7. The number of rotatable bonds is 3. The second-order valence-electron chi connectivity index (χ2n) is 3.67. The fourth-order valence-electron chi connectivity index (χ4n) is 1.57. The molecule has 1 aromatic carbocycles. The first-order valence-electron chi connectivity index (χ1n) is 4.80. The molecule has 1 aromatic rings. The monoisotopic (exact) mass is 260 g/mol. The van der Waals surface area contributed by atoms with Crippen LogP contribution < -0.4 is 5.73 Å². The molecule has 1 aliphatic heterocycles. The first-order chi connectivity index (χ1) is 8.32. The lowest BCUT2D eigenvalue weighted by atomic mass is 10.00. The lowest BCUT2D eigenvalue weighted by Gasteiger charge is -2.14. The fourth-order valence-corrected chi connectivity index (χ4v) is 1.57. The molecule has 9 heteroatoms. The van der Waals surface area contributed by atoms with Gasteiger partial charge in [-0.05, 0) is 0 Å². The quantitative estimate of drug-likeness (QED) is 0.666. The van der Waals surface area contributed by atoms with E-state index in [4.69, 9.17) is 5.73 Å². The van der Waals surface area contributed by atoms with Crippen molar-refractivity contribution in [2.75, 3.05) is 0 Å². The average molecular weight is 260 g/mol.